The third-order valence-electron chi connectivity index (χ3n) is 5.20. The fourth-order valence-corrected chi connectivity index (χ4v) is 3.89. The Kier molecular flexibility index (Phi) is 6.54. The number of rotatable bonds is 5. The van der Waals surface area contributed by atoms with Gasteiger partial charge in [0.2, 0.25) is 5.91 Å². The third-order valence-corrected chi connectivity index (χ3v) is 5.51. The molecule has 0 bridgehead atoms. The normalized spacial score (nSPS) is 16.4. The molecule has 1 fully saturated rings. The molecule has 1 amide bonds. The Balaban J connectivity index is 1.98. The molecule has 1 saturated heterocycles. The van der Waals surface area contributed by atoms with E-state index >= 15 is 0 Å². The number of nitrogens with two attached hydrogens (primary N) is 1. The lowest BCUT2D eigenvalue weighted by molar-refractivity contribution is -0.138. The van der Waals surface area contributed by atoms with E-state index in [1.165, 1.54) is 18.2 Å². The van der Waals surface area contributed by atoms with Crippen molar-refractivity contribution in [2.24, 2.45) is 5.73 Å². The van der Waals surface area contributed by atoms with Gasteiger partial charge in [-0.2, -0.15) is 18.4 Å². The molecule has 0 spiro atoms. The van der Waals surface area contributed by atoms with Gasteiger partial charge in [0.05, 0.1) is 22.7 Å². The van der Waals surface area contributed by atoms with Gasteiger partial charge in [0.25, 0.3) is 0 Å². The van der Waals surface area contributed by atoms with Gasteiger partial charge in [0, 0.05) is 31.4 Å². The van der Waals surface area contributed by atoms with E-state index in [0.717, 1.165) is 6.07 Å². The monoisotopic (exact) mass is 436 g/mol. The first-order chi connectivity index (χ1) is 14.2. The van der Waals surface area contributed by atoms with Crippen LogP contribution in [0.25, 0.3) is 0 Å². The molecule has 5 nitrogen and oxygen atoms in total. The smallest absolute Gasteiger partial charge is 0.362 e. The molecule has 1 unspecified atom stereocenters. The fraction of sp³-hybridized carbons (Fsp3) is 0.333. The maximum atomic E-state index is 13.5. The van der Waals surface area contributed by atoms with Crippen LogP contribution in [0.2, 0.25) is 5.02 Å². The molecule has 0 aliphatic carbocycles. The highest BCUT2D eigenvalue weighted by Crippen LogP contribution is 2.35. The summed E-state index contributed by atoms with van der Waals surface area (Å²) in [7, 11) is 0. The van der Waals surface area contributed by atoms with Crippen LogP contribution in [-0.4, -0.2) is 36.5 Å². The van der Waals surface area contributed by atoms with Crippen molar-refractivity contribution in [3.8, 4) is 6.07 Å². The molecule has 30 heavy (non-hydrogen) atoms. The van der Waals surface area contributed by atoms with Crippen LogP contribution in [0.3, 0.4) is 0 Å². The van der Waals surface area contributed by atoms with Crippen LogP contribution in [0.4, 0.5) is 18.9 Å². The number of hydrogen-bond acceptors (Lipinski definition) is 4. The van der Waals surface area contributed by atoms with Crippen LogP contribution in [0.5, 0.6) is 0 Å². The minimum Gasteiger partial charge on any atom is -0.362 e. The molecule has 0 aromatic heterocycles. The minimum absolute atomic E-state index is 0.0206. The first kappa shape index (κ1) is 21.9. The molecule has 1 aliphatic rings. The lowest BCUT2D eigenvalue weighted by atomic mass is 10.0. The Morgan fingerprint density at radius 2 is 2.03 bits per heavy atom. The molecule has 1 atom stereocenters. The summed E-state index contributed by atoms with van der Waals surface area (Å²) >= 11 is 6.18. The molecule has 158 valence electrons. The van der Waals surface area contributed by atoms with Gasteiger partial charge in [-0.15, -0.1) is 0 Å². The predicted octanol–water partition coefficient (Wildman–Crippen LogP) is 3.80. The van der Waals surface area contributed by atoms with Crippen molar-refractivity contribution in [3.63, 3.8) is 0 Å². The van der Waals surface area contributed by atoms with E-state index in [0.29, 0.717) is 25.2 Å². The average Bonchev–Trinajstić information content (AvgIpc) is 3.21. The van der Waals surface area contributed by atoms with E-state index in [1.807, 2.05) is 6.07 Å². The maximum Gasteiger partial charge on any atom is 0.416 e. The van der Waals surface area contributed by atoms with Crippen molar-refractivity contribution in [2.45, 2.75) is 25.2 Å². The Labute approximate surface area is 177 Å². The van der Waals surface area contributed by atoms with Gasteiger partial charge in [0.1, 0.15) is 6.07 Å². The zero-order chi connectivity index (χ0) is 21.9. The first-order valence-electron chi connectivity index (χ1n) is 9.33. The van der Waals surface area contributed by atoms with E-state index < -0.39 is 11.7 Å². The second-order valence-corrected chi connectivity index (χ2v) is 7.45. The van der Waals surface area contributed by atoms with E-state index in [2.05, 4.69) is 0 Å². The third kappa shape index (κ3) is 4.69. The van der Waals surface area contributed by atoms with Gasteiger partial charge < -0.3 is 15.5 Å². The van der Waals surface area contributed by atoms with Crippen molar-refractivity contribution in [1.29, 1.82) is 5.26 Å². The van der Waals surface area contributed by atoms with Gasteiger partial charge in [-0.05, 0) is 36.2 Å². The number of amides is 1. The summed E-state index contributed by atoms with van der Waals surface area (Å²) < 4.78 is 40.5. The number of carbonyl (C=O) groups is 1. The van der Waals surface area contributed by atoms with Gasteiger partial charge in [-0.1, -0.05) is 29.8 Å². The topological polar surface area (TPSA) is 73.4 Å². The highest BCUT2D eigenvalue weighted by molar-refractivity contribution is 6.32. The summed E-state index contributed by atoms with van der Waals surface area (Å²) in [4.78, 5) is 15.4. The first-order valence-corrected chi connectivity index (χ1v) is 9.71. The summed E-state index contributed by atoms with van der Waals surface area (Å²) in [6.07, 6.45) is -3.90. The second kappa shape index (κ2) is 8.94. The molecule has 1 heterocycles. The van der Waals surface area contributed by atoms with Crippen molar-refractivity contribution in [3.05, 3.63) is 64.2 Å². The largest absolute Gasteiger partial charge is 0.416 e. The molecule has 9 heteroatoms. The van der Waals surface area contributed by atoms with Crippen molar-refractivity contribution >= 4 is 23.2 Å². The molecule has 2 aromatic rings. The Bertz CT molecular complexity index is 973. The average molecular weight is 437 g/mol. The van der Waals surface area contributed by atoms with Gasteiger partial charge in [-0.25, -0.2) is 0 Å². The molecule has 3 rings (SSSR count). The van der Waals surface area contributed by atoms with E-state index in [9.17, 15) is 18.0 Å². The number of nitriles is 1. The van der Waals surface area contributed by atoms with Gasteiger partial charge in [-0.3, -0.25) is 4.79 Å². The molecule has 2 N–H and O–H groups in total. The number of likely N-dealkylation sites (tertiary alicyclic amines) is 1. The summed E-state index contributed by atoms with van der Waals surface area (Å²) in [6, 6.07) is 11.9. The van der Waals surface area contributed by atoms with E-state index in [-0.39, 0.29) is 41.2 Å². The quantitative estimate of drug-likeness (QED) is 0.773. The summed E-state index contributed by atoms with van der Waals surface area (Å²) in [6.45, 7) is 0.684. The molecule has 2 aromatic carbocycles. The van der Waals surface area contributed by atoms with Crippen LogP contribution in [-0.2, 0) is 17.5 Å². The summed E-state index contributed by atoms with van der Waals surface area (Å²) in [5, 5.41) is 9.33. The standard InChI is InChI=1S/C21H20ClF3N4O/c22-19-9-16(6-5-14(19)10-26)29(17-7-8-28(13-17)20(30)11-27)12-15-3-1-2-4-18(15)21(23,24)25/h1-6,9,17H,7-8,11-13,27H2. The lowest BCUT2D eigenvalue weighted by Crippen LogP contribution is -2.40. The zero-order valence-electron chi connectivity index (χ0n) is 16.0. The van der Waals surface area contributed by atoms with Crippen LogP contribution in [0.15, 0.2) is 42.5 Å². The summed E-state index contributed by atoms with van der Waals surface area (Å²) in [5.41, 5.74) is 5.73. The Morgan fingerprint density at radius 3 is 2.67 bits per heavy atom. The van der Waals surface area contributed by atoms with Crippen molar-refractivity contribution in [1.82, 2.24) is 4.90 Å². The highest BCUT2D eigenvalue weighted by Gasteiger charge is 2.35. The second-order valence-electron chi connectivity index (χ2n) is 7.05. The van der Waals surface area contributed by atoms with Gasteiger partial charge in [0.15, 0.2) is 0 Å². The van der Waals surface area contributed by atoms with Gasteiger partial charge >= 0.3 is 6.18 Å². The minimum atomic E-state index is -4.48. The maximum absolute atomic E-state index is 13.5. The number of anilines is 1. The van der Waals surface area contributed by atoms with Crippen LogP contribution in [0.1, 0.15) is 23.1 Å². The Morgan fingerprint density at radius 1 is 1.30 bits per heavy atom. The van der Waals surface area contributed by atoms with Crippen LogP contribution in [0, 0.1) is 11.3 Å². The molecular weight excluding hydrogens is 417 g/mol. The van der Waals surface area contributed by atoms with E-state index in [1.54, 1.807) is 28.0 Å². The summed E-state index contributed by atoms with van der Waals surface area (Å²) in [5.74, 6) is -0.203. The predicted molar refractivity (Wildman–Crippen MR) is 108 cm³/mol. The number of halogens is 4. The number of benzene rings is 2. The SMILES string of the molecule is N#Cc1ccc(N(Cc2ccccc2C(F)(F)F)C2CCN(C(=O)CN)C2)cc1Cl. The van der Waals surface area contributed by atoms with Crippen molar-refractivity contribution < 1.29 is 18.0 Å². The molecular formula is C21H20ClF3N4O. The fourth-order valence-electron chi connectivity index (χ4n) is 3.67. The van der Waals surface area contributed by atoms with Crippen molar-refractivity contribution in [2.75, 3.05) is 24.5 Å². The number of hydrogen-bond donors (Lipinski definition) is 1. The molecule has 1 aliphatic heterocycles. The molecule has 0 radical (unpaired) electrons. The zero-order valence-corrected chi connectivity index (χ0v) is 16.7. The highest BCUT2D eigenvalue weighted by atomic mass is 35.5. The lowest BCUT2D eigenvalue weighted by Gasteiger charge is -2.32. The number of alkyl halides is 3. The number of carbonyl (C=O) groups excluding carboxylic acids is 1. The molecule has 0 saturated carbocycles. The van der Waals surface area contributed by atoms with Crippen LogP contribution < -0.4 is 10.6 Å². The Hall–Kier alpha value is -2.76. The van der Waals surface area contributed by atoms with Crippen LogP contribution >= 0.6 is 11.6 Å². The number of nitrogens with zero attached hydrogens (tertiary/aromatic N) is 3. The van der Waals surface area contributed by atoms with E-state index in [4.69, 9.17) is 22.6 Å².